The maximum absolute atomic E-state index is 12.4. The van der Waals surface area contributed by atoms with Gasteiger partial charge >= 0.3 is 0 Å². The lowest BCUT2D eigenvalue weighted by molar-refractivity contribution is -0.139. The van der Waals surface area contributed by atoms with Crippen LogP contribution in [0.15, 0.2) is 22.7 Å². The van der Waals surface area contributed by atoms with Crippen molar-refractivity contribution in [3.05, 3.63) is 27.7 Å². The van der Waals surface area contributed by atoms with Crippen LogP contribution in [0.5, 0.6) is 5.75 Å². The molecule has 0 radical (unpaired) electrons. The molecule has 1 N–H and O–H groups in total. The molecule has 4 nitrogen and oxygen atoms in total. The van der Waals surface area contributed by atoms with Crippen LogP contribution in [-0.2, 0) is 4.79 Å². The summed E-state index contributed by atoms with van der Waals surface area (Å²) in [5.41, 5.74) is 0. The predicted molar refractivity (Wildman–Crippen MR) is 87.9 cm³/mol. The molecule has 2 rings (SSSR count). The SMILES string of the molecule is CNC1CCN(C(=O)[C@@H](C)Oc2ccc(Cl)cc2Br)CC1. The molecule has 1 aliphatic heterocycles. The van der Waals surface area contributed by atoms with Gasteiger partial charge in [0, 0.05) is 24.2 Å². The zero-order valence-electron chi connectivity index (χ0n) is 12.2. The van der Waals surface area contributed by atoms with Gasteiger partial charge in [-0.15, -0.1) is 0 Å². The molecule has 6 heteroatoms. The number of amides is 1. The summed E-state index contributed by atoms with van der Waals surface area (Å²) in [6, 6.07) is 5.78. The summed E-state index contributed by atoms with van der Waals surface area (Å²) in [5.74, 6) is 0.664. The van der Waals surface area contributed by atoms with Gasteiger partial charge in [0.05, 0.1) is 4.47 Å². The third-order valence-electron chi connectivity index (χ3n) is 3.76. The summed E-state index contributed by atoms with van der Waals surface area (Å²) in [5, 5.41) is 3.88. The van der Waals surface area contributed by atoms with Crippen molar-refractivity contribution < 1.29 is 9.53 Å². The molecule has 1 heterocycles. The van der Waals surface area contributed by atoms with Crippen LogP contribution in [0.4, 0.5) is 0 Å². The molecule has 0 spiro atoms. The molecule has 0 unspecified atom stereocenters. The minimum Gasteiger partial charge on any atom is -0.480 e. The Balaban J connectivity index is 1.93. The van der Waals surface area contributed by atoms with Crippen LogP contribution in [0.1, 0.15) is 19.8 Å². The van der Waals surface area contributed by atoms with Gasteiger partial charge in [0.25, 0.3) is 5.91 Å². The number of likely N-dealkylation sites (tertiary alicyclic amines) is 1. The third kappa shape index (κ3) is 4.34. The molecule has 1 aromatic carbocycles. The van der Waals surface area contributed by atoms with Gasteiger partial charge in [-0.3, -0.25) is 4.79 Å². The van der Waals surface area contributed by atoms with Crippen LogP contribution in [0.25, 0.3) is 0 Å². The van der Waals surface area contributed by atoms with Gasteiger partial charge in [-0.2, -0.15) is 0 Å². The van der Waals surface area contributed by atoms with Crippen LogP contribution >= 0.6 is 27.5 Å². The summed E-state index contributed by atoms with van der Waals surface area (Å²) < 4.78 is 6.51. The molecule has 0 saturated carbocycles. The standard InChI is InChI=1S/C15H20BrClN2O2/c1-10(21-14-4-3-11(17)9-13(14)16)15(20)19-7-5-12(18-2)6-8-19/h3-4,9-10,12,18H,5-8H2,1-2H3/t10-/m1/s1. The number of hydrogen-bond acceptors (Lipinski definition) is 3. The van der Waals surface area contributed by atoms with E-state index in [1.165, 1.54) is 0 Å². The maximum atomic E-state index is 12.4. The summed E-state index contributed by atoms with van der Waals surface area (Å²) in [4.78, 5) is 14.3. The van der Waals surface area contributed by atoms with Crippen molar-refractivity contribution in [2.24, 2.45) is 0 Å². The van der Waals surface area contributed by atoms with Crippen LogP contribution in [0.3, 0.4) is 0 Å². The number of piperidine rings is 1. The molecule has 0 aliphatic carbocycles. The maximum Gasteiger partial charge on any atom is 0.263 e. The molecule has 1 atom stereocenters. The third-order valence-corrected chi connectivity index (χ3v) is 4.62. The highest BCUT2D eigenvalue weighted by molar-refractivity contribution is 9.10. The van der Waals surface area contributed by atoms with Crippen LogP contribution in [0, 0.1) is 0 Å². The highest BCUT2D eigenvalue weighted by Gasteiger charge is 2.26. The van der Waals surface area contributed by atoms with Gasteiger partial charge < -0.3 is 15.0 Å². The minimum absolute atomic E-state index is 0.0337. The Morgan fingerprint density at radius 2 is 2.14 bits per heavy atom. The smallest absolute Gasteiger partial charge is 0.263 e. The van der Waals surface area contributed by atoms with Crippen LogP contribution < -0.4 is 10.1 Å². The van der Waals surface area contributed by atoms with Crippen molar-refractivity contribution in [2.75, 3.05) is 20.1 Å². The van der Waals surface area contributed by atoms with Crippen molar-refractivity contribution in [3.63, 3.8) is 0 Å². The first-order valence-electron chi connectivity index (χ1n) is 7.09. The fourth-order valence-corrected chi connectivity index (χ4v) is 3.23. The monoisotopic (exact) mass is 374 g/mol. The quantitative estimate of drug-likeness (QED) is 0.879. The first kappa shape index (κ1) is 16.6. The van der Waals surface area contributed by atoms with E-state index in [4.69, 9.17) is 16.3 Å². The van der Waals surface area contributed by atoms with E-state index < -0.39 is 6.10 Å². The van der Waals surface area contributed by atoms with Crippen molar-refractivity contribution in [1.29, 1.82) is 0 Å². The van der Waals surface area contributed by atoms with E-state index in [2.05, 4.69) is 21.2 Å². The Labute approximate surface area is 138 Å². The van der Waals surface area contributed by atoms with Crippen molar-refractivity contribution in [1.82, 2.24) is 10.2 Å². The van der Waals surface area contributed by atoms with Crippen molar-refractivity contribution >= 4 is 33.4 Å². The van der Waals surface area contributed by atoms with E-state index in [1.807, 2.05) is 11.9 Å². The number of carbonyl (C=O) groups excluding carboxylic acids is 1. The highest BCUT2D eigenvalue weighted by atomic mass is 79.9. The Kier molecular flexibility index (Phi) is 5.90. The fourth-order valence-electron chi connectivity index (χ4n) is 2.46. The van der Waals surface area contributed by atoms with E-state index in [1.54, 1.807) is 25.1 Å². The summed E-state index contributed by atoms with van der Waals surface area (Å²) in [6.07, 6.45) is 1.47. The van der Waals surface area contributed by atoms with Gasteiger partial charge in [-0.05, 0) is 60.9 Å². The molecule has 1 aromatic rings. The lowest BCUT2D eigenvalue weighted by Crippen LogP contribution is -2.48. The van der Waals surface area contributed by atoms with Gasteiger partial charge in [-0.25, -0.2) is 0 Å². The average Bonchev–Trinajstić information content (AvgIpc) is 2.49. The second-order valence-electron chi connectivity index (χ2n) is 5.22. The minimum atomic E-state index is -0.506. The highest BCUT2D eigenvalue weighted by Crippen LogP contribution is 2.29. The molecule has 21 heavy (non-hydrogen) atoms. The average molecular weight is 376 g/mol. The molecule has 116 valence electrons. The number of benzene rings is 1. The topological polar surface area (TPSA) is 41.6 Å². The van der Waals surface area contributed by atoms with Crippen LogP contribution in [-0.4, -0.2) is 43.1 Å². The van der Waals surface area contributed by atoms with E-state index >= 15 is 0 Å². The van der Waals surface area contributed by atoms with E-state index in [0.717, 1.165) is 30.4 Å². The molecule has 1 amide bonds. The molecule has 1 aliphatic rings. The molecule has 1 fully saturated rings. The van der Waals surface area contributed by atoms with Crippen molar-refractivity contribution in [3.8, 4) is 5.75 Å². The lowest BCUT2D eigenvalue weighted by atomic mass is 10.0. The predicted octanol–water partition coefficient (Wildman–Crippen LogP) is 3.08. The first-order chi connectivity index (χ1) is 10.0. The number of hydrogen-bond donors (Lipinski definition) is 1. The van der Waals surface area contributed by atoms with E-state index in [-0.39, 0.29) is 5.91 Å². The molecule has 0 aromatic heterocycles. The van der Waals surface area contributed by atoms with Crippen LogP contribution in [0.2, 0.25) is 5.02 Å². The molecular formula is C15H20BrClN2O2. The number of nitrogens with one attached hydrogen (secondary N) is 1. The second-order valence-corrected chi connectivity index (χ2v) is 6.51. The first-order valence-corrected chi connectivity index (χ1v) is 8.26. The second kappa shape index (κ2) is 7.47. The largest absolute Gasteiger partial charge is 0.480 e. The van der Waals surface area contributed by atoms with Gasteiger partial charge in [0.2, 0.25) is 0 Å². The Hall–Kier alpha value is -0.780. The normalized spacial score (nSPS) is 17.6. The number of rotatable bonds is 4. The summed E-state index contributed by atoms with van der Waals surface area (Å²) in [6.45, 7) is 3.34. The zero-order valence-corrected chi connectivity index (χ0v) is 14.6. The fraction of sp³-hybridized carbons (Fsp3) is 0.533. The molecule has 1 saturated heterocycles. The number of carbonyl (C=O) groups is 1. The molecule has 0 bridgehead atoms. The van der Waals surface area contributed by atoms with E-state index in [0.29, 0.717) is 16.8 Å². The number of halogens is 2. The summed E-state index contributed by atoms with van der Waals surface area (Å²) in [7, 11) is 1.96. The lowest BCUT2D eigenvalue weighted by Gasteiger charge is -2.33. The molecular weight excluding hydrogens is 356 g/mol. The number of nitrogens with zero attached hydrogens (tertiary/aromatic N) is 1. The van der Waals surface area contributed by atoms with Gasteiger partial charge in [0.1, 0.15) is 5.75 Å². The Morgan fingerprint density at radius 3 is 2.71 bits per heavy atom. The zero-order chi connectivity index (χ0) is 15.4. The van der Waals surface area contributed by atoms with E-state index in [9.17, 15) is 4.79 Å². The Morgan fingerprint density at radius 1 is 1.48 bits per heavy atom. The number of ether oxygens (including phenoxy) is 1. The summed E-state index contributed by atoms with van der Waals surface area (Å²) >= 11 is 9.29. The van der Waals surface area contributed by atoms with Crippen molar-refractivity contribution in [2.45, 2.75) is 31.9 Å². The van der Waals surface area contributed by atoms with Gasteiger partial charge in [-0.1, -0.05) is 11.6 Å². The Bertz CT molecular complexity index is 504. The van der Waals surface area contributed by atoms with Gasteiger partial charge in [0.15, 0.2) is 6.10 Å².